The van der Waals surface area contributed by atoms with Crippen molar-refractivity contribution in [2.75, 3.05) is 0 Å². The van der Waals surface area contributed by atoms with Crippen LogP contribution in [0.1, 0.15) is 16.3 Å². The normalized spacial score (nSPS) is 11.5. The van der Waals surface area contributed by atoms with Gasteiger partial charge in [0.25, 0.3) is 0 Å². The number of para-hydroxylation sites is 1. The number of hydrogen-bond acceptors (Lipinski definition) is 6. The van der Waals surface area contributed by atoms with E-state index >= 15 is 0 Å². The summed E-state index contributed by atoms with van der Waals surface area (Å²) in [5.41, 5.74) is 3.76. The number of nitrogens with zero attached hydrogens (tertiary/aromatic N) is 6. The quantitative estimate of drug-likeness (QED) is 0.478. The van der Waals surface area contributed by atoms with Crippen molar-refractivity contribution in [2.45, 2.75) is 20.5 Å². The lowest BCUT2D eigenvalue weighted by molar-refractivity contribution is 0.302. The van der Waals surface area contributed by atoms with Gasteiger partial charge in [-0.1, -0.05) is 35.6 Å². The van der Waals surface area contributed by atoms with Crippen LogP contribution < -0.4 is 4.74 Å². The molecule has 0 fully saturated rings. The van der Waals surface area contributed by atoms with Crippen molar-refractivity contribution < 1.29 is 4.74 Å². The van der Waals surface area contributed by atoms with E-state index in [1.165, 1.54) is 11.3 Å². The second-order valence-corrected chi connectivity index (χ2v) is 7.28. The molecule has 4 aromatic heterocycles. The number of imidazole rings is 1. The summed E-state index contributed by atoms with van der Waals surface area (Å²) in [6.45, 7) is 4.39. The smallest absolute Gasteiger partial charge is 0.235 e. The predicted molar refractivity (Wildman–Crippen MR) is 103 cm³/mol. The lowest BCUT2D eigenvalue weighted by Gasteiger charge is -2.06. The van der Waals surface area contributed by atoms with Crippen LogP contribution in [0.3, 0.4) is 0 Å². The summed E-state index contributed by atoms with van der Waals surface area (Å²) in [6, 6.07) is 13.9. The Labute approximate surface area is 158 Å². The Morgan fingerprint density at radius 2 is 1.89 bits per heavy atom. The van der Waals surface area contributed by atoms with Crippen molar-refractivity contribution in [3.8, 4) is 17.3 Å². The summed E-state index contributed by atoms with van der Waals surface area (Å²) in [4.78, 5) is 5.34. The number of ether oxygens (including phenoxy) is 1. The first-order chi connectivity index (χ1) is 13.2. The molecule has 0 aliphatic rings. The van der Waals surface area contributed by atoms with Crippen LogP contribution in [0.25, 0.3) is 22.1 Å². The highest BCUT2D eigenvalue weighted by atomic mass is 32.1. The van der Waals surface area contributed by atoms with E-state index in [0.717, 1.165) is 38.3 Å². The van der Waals surface area contributed by atoms with E-state index in [1.807, 2.05) is 66.9 Å². The monoisotopic (exact) mass is 376 g/mol. The Morgan fingerprint density at radius 1 is 1.04 bits per heavy atom. The van der Waals surface area contributed by atoms with Crippen LogP contribution in [0, 0.1) is 13.8 Å². The van der Waals surface area contributed by atoms with Gasteiger partial charge in [0.1, 0.15) is 23.7 Å². The zero-order valence-electron chi connectivity index (χ0n) is 14.8. The fourth-order valence-corrected chi connectivity index (χ4v) is 3.85. The maximum Gasteiger partial charge on any atom is 0.235 e. The number of hydrogen-bond donors (Lipinski definition) is 0. The average Bonchev–Trinajstić information content (AvgIpc) is 3.33. The van der Waals surface area contributed by atoms with E-state index in [4.69, 9.17) is 4.74 Å². The highest BCUT2D eigenvalue weighted by Crippen LogP contribution is 2.26. The summed E-state index contributed by atoms with van der Waals surface area (Å²) in [5, 5.41) is 14.1. The molecule has 0 amide bonds. The number of benzene rings is 1. The van der Waals surface area contributed by atoms with E-state index in [2.05, 4.69) is 20.3 Å². The van der Waals surface area contributed by atoms with Gasteiger partial charge in [0.2, 0.25) is 10.8 Å². The molecule has 0 spiro atoms. The Hall–Kier alpha value is -3.26. The first-order valence-corrected chi connectivity index (χ1v) is 9.36. The van der Waals surface area contributed by atoms with Gasteiger partial charge in [-0.05, 0) is 37.6 Å². The van der Waals surface area contributed by atoms with Crippen LogP contribution in [0.15, 0.2) is 48.7 Å². The summed E-state index contributed by atoms with van der Waals surface area (Å²) in [7, 11) is 0. The molecule has 0 aliphatic carbocycles. The molecule has 0 saturated carbocycles. The second-order valence-electron chi connectivity index (χ2n) is 6.24. The minimum absolute atomic E-state index is 0.393. The summed E-state index contributed by atoms with van der Waals surface area (Å²) < 4.78 is 9.69. The highest BCUT2D eigenvalue weighted by molar-refractivity contribution is 7.16. The molecule has 0 saturated heterocycles. The molecule has 4 heterocycles. The van der Waals surface area contributed by atoms with Gasteiger partial charge in [0.05, 0.1) is 5.69 Å². The van der Waals surface area contributed by atoms with Gasteiger partial charge in [-0.3, -0.25) is 4.40 Å². The molecule has 134 valence electrons. The van der Waals surface area contributed by atoms with Crippen LogP contribution in [-0.4, -0.2) is 29.2 Å². The third kappa shape index (κ3) is 2.65. The predicted octanol–water partition coefficient (Wildman–Crippen LogP) is 3.70. The standard InChI is InChI=1S/C19H16N6OS/c1-12-7-3-4-8-14(12)26-11-16-23-25-18(21-22-19(25)27-16)17-13(2)20-15-9-5-6-10-24(15)17/h3-10H,11H2,1-2H3. The highest BCUT2D eigenvalue weighted by Gasteiger charge is 2.19. The van der Waals surface area contributed by atoms with Crippen molar-refractivity contribution in [1.29, 1.82) is 0 Å². The van der Waals surface area contributed by atoms with Crippen molar-refractivity contribution in [1.82, 2.24) is 29.2 Å². The number of rotatable bonds is 4. The second kappa shape index (κ2) is 6.17. The molecule has 0 unspecified atom stereocenters. The molecule has 0 N–H and O–H groups in total. The summed E-state index contributed by atoms with van der Waals surface area (Å²) >= 11 is 1.48. The molecule has 7 nitrogen and oxygen atoms in total. The third-order valence-electron chi connectivity index (χ3n) is 4.39. The van der Waals surface area contributed by atoms with Gasteiger partial charge in [-0.15, -0.1) is 10.2 Å². The minimum atomic E-state index is 0.393. The molecule has 0 aliphatic heterocycles. The zero-order valence-corrected chi connectivity index (χ0v) is 15.6. The third-order valence-corrected chi connectivity index (χ3v) is 5.27. The van der Waals surface area contributed by atoms with Gasteiger partial charge in [0, 0.05) is 6.20 Å². The topological polar surface area (TPSA) is 69.6 Å². The van der Waals surface area contributed by atoms with Crippen molar-refractivity contribution in [3.05, 3.63) is 64.9 Å². The van der Waals surface area contributed by atoms with Crippen molar-refractivity contribution in [3.63, 3.8) is 0 Å². The van der Waals surface area contributed by atoms with Gasteiger partial charge in [0.15, 0.2) is 5.01 Å². The minimum Gasteiger partial charge on any atom is -0.486 e. The van der Waals surface area contributed by atoms with E-state index in [-0.39, 0.29) is 0 Å². The molecule has 5 aromatic rings. The van der Waals surface area contributed by atoms with Crippen molar-refractivity contribution in [2.24, 2.45) is 0 Å². The SMILES string of the molecule is Cc1ccccc1OCc1nn2c(-c3c(C)nc4ccccn34)nnc2s1. The Bertz CT molecular complexity index is 1270. The van der Waals surface area contributed by atoms with E-state index in [1.54, 1.807) is 4.52 Å². The molecule has 8 heteroatoms. The molecule has 0 radical (unpaired) electrons. The van der Waals surface area contributed by atoms with Crippen molar-refractivity contribution >= 4 is 21.9 Å². The Morgan fingerprint density at radius 3 is 2.78 bits per heavy atom. The summed E-state index contributed by atoms with van der Waals surface area (Å²) in [5.74, 6) is 1.54. The maximum atomic E-state index is 5.92. The molecular formula is C19H16N6OS. The Kier molecular flexibility index (Phi) is 3.64. The van der Waals surface area contributed by atoms with Crippen LogP contribution in [0.2, 0.25) is 0 Å². The molecular weight excluding hydrogens is 360 g/mol. The molecule has 1 aromatic carbocycles. The average molecular weight is 376 g/mol. The fraction of sp³-hybridized carbons (Fsp3) is 0.158. The maximum absolute atomic E-state index is 5.92. The van der Waals surface area contributed by atoms with E-state index in [9.17, 15) is 0 Å². The molecule has 0 atom stereocenters. The van der Waals surface area contributed by atoms with Crippen LogP contribution in [0.4, 0.5) is 0 Å². The van der Waals surface area contributed by atoms with E-state index in [0.29, 0.717) is 12.4 Å². The lowest BCUT2D eigenvalue weighted by atomic mass is 10.2. The van der Waals surface area contributed by atoms with E-state index < -0.39 is 0 Å². The van der Waals surface area contributed by atoms with Gasteiger partial charge in [-0.2, -0.15) is 9.61 Å². The number of aromatic nitrogens is 6. The number of aryl methyl sites for hydroxylation is 2. The van der Waals surface area contributed by atoms with Crippen LogP contribution >= 0.6 is 11.3 Å². The van der Waals surface area contributed by atoms with Crippen LogP contribution in [0.5, 0.6) is 5.75 Å². The zero-order chi connectivity index (χ0) is 18.4. The lowest BCUT2D eigenvalue weighted by Crippen LogP contribution is -2.00. The largest absolute Gasteiger partial charge is 0.486 e. The molecule has 5 rings (SSSR count). The Balaban J connectivity index is 1.52. The van der Waals surface area contributed by atoms with Gasteiger partial charge >= 0.3 is 0 Å². The fourth-order valence-electron chi connectivity index (χ4n) is 3.10. The molecule has 0 bridgehead atoms. The van der Waals surface area contributed by atoms with Gasteiger partial charge < -0.3 is 4.74 Å². The number of fused-ring (bicyclic) bond motifs is 2. The molecule has 27 heavy (non-hydrogen) atoms. The first kappa shape index (κ1) is 16.0. The van der Waals surface area contributed by atoms with Gasteiger partial charge in [-0.25, -0.2) is 4.98 Å². The van der Waals surface area contributed by atoms with Crippen LogP contribution in [-0.2, 0) is 6.61 Å². The number of pyridine rings is 1. The first-order valence-electron chi connectivity index (χ1n) is 8.54. The summed E-state index contributed by atoms with van der Waals surface area (Å²) in [6.07, 6.45) is 1.97.